The molecule has 1 saturated heterocycles. The standard InChI is InChI=1S/C22H25NO4/c1-15(2)27-18-8-5-16(6-9-18)22(24)23-11-3-4-19(23)17-7-10-20-21(14-17)26-13-12-25-20/h5-10,14-15,19H,3-4,11-13H2,1-2H3. The first-order valence-electron chi connectivity index (χ1n) is 9.59. The summed E-state index contributed by atoms with van der Waals surface area (Å²) in [5.74, 6) is 2.39. The third-order valence-corrected chi connectivity index (χ3v) is 4.94. The quantitative estimate of drug-likeness (QED) is 0.812. The molecule has 2 aliphatic rings. The van der Waals surface area contributed by atoms with E-state index in [0.29, 0.717) is 18.8 Å². The van der Waals surface area contributed by atoms with Gasteiger partial charge >= 0.3 is 0 Å². The molecule has 1 amide bonds. The minimum absolute atomic E-state index is 0.0588. The van der Waals surface area contributed by atoms with E-state index >= 15 is 0 Å². The van der Waals surface area contributed by atoms with Crippen molar-refractivity contribution < 1.29 is 19.0 Å². The molecule has 0 aliphatic carbocycles. The molecule has 4 rings (SSSR count). The number of carbonyl (C=O) groups is 1. The van der Waals surface area contributed by atoms with Crippen molar-refractivity contribution in [3.05, 3.63) is 53.6 Å². The Morgan fingerprint density at radius 2 is 1.81 bits per heavy atom. The van der Waals surface area contributed by atoms with E-state index in [1.807, 2.05) is 61.2 Å². The van der Waals surface area contributed by atoms with E-state index < -0.39 is 0 Å². The number of carbonyl (C=O) groups excluding carboxylic acids is 1. The molecular weight excluding hydrogens is 342 g/mol. The van der Waals surface area contributed by atoms with E-state index in [2.05, 4.69) is 0 Å². The lowest BCUT2D eigenvalue weighted by Gasteiger charge is -2.27. The van der Waals surface area contributed by atoms with E-state index in [1.165, 1.54) is 0 Å². The fourth-order valence-electron chi connectivity index (χ4n) is 3.74. The summed E-state index contributed by atoms with van der Waals surface area (Å²) in [5.41, 5.74) is 1.79. The van der Waals surface area contributed by atoms with Crippen LogP contribution in [-0.2, 0) is 0 Å². The van der Waals surface area contributed by atoms with Crippen LogP contribution in [0.5, 0.6) is 17.2 Å². The first-order chi connectivity index (χ1) is 13.1. The Hall–Kier alpha value is -2.69. The van der Waals surface area contributed by atoms with Gasteiger partial charge in [0.2, 0.25) is 0 Å². The molecule has 2 aliphatic heterocycles. The van der Waals surface area contributed by atoms with Gasteiger partial charge in [-0.3, -0.25) is 4.79 Å². The molecule has 1 unspecified atom stereocenters. The van der Waals surface area contributed by atoms with Crippen molar-refractivity contribution in [2.75, 3.05) is 19.8 Å². The molecule has 2 aromatic rings. The summed E-state index contributed by atoms with van der Waals surface area (Å²) in [6.07, 6.45) is 2.07. The zero-order chi connectivity index (χ0) is 18.8. The SMILES string of the molecule is CC(C)Oc1ccc(C(=O)N2CCCC2c2ccc3c(c2)OCCO3)cc1. The third-order valence-electron chi connectivity index (χ3n) is 4.94. The predicted molar refractivity (Wildman–Crippen MR) is 103 cm³/mol. The number of ether oxygens (including phenoxy) is 3. The Bertz CT molecular complexity index is 816. The molecule has 2 heterocycles. The zero-order valence-electron chi connectivity index (χ0n) is 15.8. The van der Waals surface area contributed by atoms with Crippen molar-refractivity contribution in [2.45, 2.75) is 38.8 Å². The second-order valence-electron chi connectivity index (χ2n) is 7.25. The molecule has 0 saturated carbocycles. The van der Waals surface area contributed by atoms with Crippen LogP contribution in [0.4, 0.5) is 0 Å². The van der Waals surface area contributed by atoms with Gasteiger partial charge in [-0.15, -0.1) is 0 Å². The van der Waals surface area contributed by atoms with Crippen LogP contribution in [0, 0.1) is 0 Å². The minimum atomic E-state index is 0.0588. The topological polar surface area (TPSA) is 48.0 Å². The van der Waals surface area contributed by atoms with Crippen molar-refractivity contribution in [1.82, 2.24) is 4.90 Å². The highest BCUT2D eigenvalue weighted by atomic mass is 16.6. The van der Waals surface area contributed by atoms with Gasteiger partial charge in [-0.1, -0.05) is 6.07 Å². The van der Waals surface area contributed by atoms with Gasteiger partial charge < -0.3 is 19.1 Å². The fourth-order valence-corrected chi connectivity index (χ4v) is 3.74. The molecule has 1 atom stereocenters. The number of hydrogen-bond acceptors (Lipinski definition) is 4. The molecule has 142 valence electrons. The van der Waals surface area contributed by atoms with Crippen LogP contribution in [0.3, 0.4) is 0 Å². The molecule has 0 radical (unpaired) electrons. The highest BCUT2D eigenvalue weighted by Gasteiger charge is 2.31. The Labute approximate surface area is 159 Å². The maximum atomic E-state index is 13.1. The monoisotopic (exact) mass is 367 g/mol. The molecular formula is C22H25NO4. The number of rotatable bonds is 4. The molecule has 1 fully saturated rings. The lowest BCUT2D eigenvalue weighted by Crippen LogP contribution is -2.30. The lowest BCUT2D eigenvalue weighted by atomic mass is 10.0. The van der Waals surface area contributed by atoms with Crippen molar-refractivity contribution >= 4 is 5.91 Å². The van der Waals surface area contributed by atoms with Crippen LogP contribution in [0.25, 0.3) is 0 Å². The summed E-state index contributed by atoms with van der Waals surface area (Å²) in [7, 11) is 0. The van der Waals surface area contributed by atoms with Gasteiger partial charge in [0.05, 0.1) is 12.1 Å². The van der Waals surface area contributed by atoms with Crippen LogP contribution >= 0.6 is 0 Å². The number of amides is 1. The van der Waals surface area contributed by atoms with Gasteiger partial charge in [0.15, 0.2) is 11.5 Å². The van der Waals surface area contributed by atoms with Gasteiger partial charge in [-0.25, -0.2) is 0 Å². The van der Waals surface area contributed by atoms with Gasteiger partial charge in [0, 0.05) is 12.1 Å². The highest BCUT2D eigenvalue weighted by molar-refractivity contribution is 5.94. The van der Waals surface area contributed by atoms with E-state index in [9.17, 15) is 4.79 Å². The number of likely N-dealkylation sites (tertiary alicyclic amines) is 1. The van der Waals surface area contributed by atoms with E-state index in [1.54, 1.807) is 0 Å². The van der Waals surface area contributed by atoms with Crippen molar-refractivity contribution in [3.63, 3.8) is 0 Å². The van der Waals surface area contributed by atoms with Crippen molar-refractivity contribution in [1.29, 1.82) is 0 Å². The van der Waals surface area contributed by atoms with Gasteiger partial charge in [0.1, 0.15) is 19.0 Å². The first-order valence-corrected chi connectivity index (χ1v) is 9.59. The van der Waals surface area contributed by atoms with Crippen LogP contribution in [-0.4, -0.2) is 36.7 Å². The maximum absolute atomic E-state index is 13.1. The molecule has 2 aromatic carbocycles. The second-order valence-corrected chi connectivity index (χ2v) is 7.25. The number of hydrogen-bond donors (Lipinski definition) is 0. The third kappa shape index (κ3) is 3.72. The zero-order valence-corrected chi connectivity index (χ0v) is 15.8. The Morgan fingerprint density at radius 3 is 2.56 bits per heavy atom. The van der Waals surface area contributed by atoms with E-state index in [-0.39, 0.29) is 18.1 Å². The number of benzene rings is 2. The largest absolute Gasteiger partial charge is 0.491 e. The van der Waals surface area contributed by atoms with Crippen molar-refractivity contribution in [2.24, 2.45) is 0 Å². The average molecular weight is 367 g/mol. The van der Waals surface area contributed by atoms with Crippen LogP contribution < -0.4 is 14.2 Å². The Balaban J connectivity index is 1.53. The van der Waals surface area contributed by atoms with Gasteiger partial charge in [0.25, 0.3) is 5.91 Å². The molecule has 0 spiro atoms. The molecule has 5 nitrogen and oxygen atoms in total. The van der Waals surface area contributed by atoms with Gasteiger partial charge in [-0.05, 0) is 68.7 Å². The molecule has 0 aromatic heterocycles. The normalized spacial score (nSPS) is 18.6. The molecule has 27 heavy (non-hydrogen) atoms. The van der Waals surface area contributed by atoms with Crippen LogP contribution in [0.1, 0.15) is 48.7 Å². The summed E-state index contributed by atoms with van der Waals surface area (Å²) in [6, 6.07) is 13.5. The summed E-state index contributed by atoms with van der Waals surface area (Å²) in [6.45, 7) is 5.89. The number of nitrogens with zero attached hydrogens (tertiary/aromatic N) is 1. The predicted octanol–water partition coefficient (Wildman–Crippen LogP) is 4.22. The molecule has 0 N–H and O–H groups in total. The highest BCUT2D eigenvalue weighted by Crippen LogP contribution is 2.38. The van der Waals surface area contributed by atoms with Crippen molar-refractivity contribution in [3.8, 4) is 17.2 Å². The first kappa shape index (κ1) is 17.7. The van der Waals surface area contributed by atoms with Gasteiger partial charge in [-0.2, -0.15) is 0 Å². The van der Waals surface area contributed by atoms with E-state index in [4.69, 9.17) is 14.2 Å². The fraction of sp³-hybridized carbons (Fsp3) is 0.409. The maximum Gasteiger partial charge on any atom is 0.254 e. The minimum Gasteiger partial charge on any atom is -0.491 e. The Kier molecular flexibility index (Phi) is 4.92. The van der Waals surface area contributed by atoms with Crippen LogP contribution in [0.15, 0.2) is 42.5 Å². The van der Waals surface area contributed by atoms with Crippen LogP contribution in [0.2, 0.25) is 0 Å². The summed E-state index contributed by atoms with van der Waals surface area (Å²) in [4.78, 5) is 15.0. The summed E-state index contributed by atoms with van der Waals surface area (Å²) >= 11 is 0. The summed E-state index contributed by atoms with van der Waals surface area (Å²) in [5, 5.41) is 0. The smallest absolute Gasteiger partial charge is 0.254 e. The molecule has 0 bridgehead atoms. The van der Waals surface area contributed by atoms with E-state index in [0.717, 1.165) is 42.2 Å². The summed E-state index contributed by atoms with van der Waals surface area (Å²) < 4.78 is 17.0. The second kappa shape index (κ2) is 7.51. The average Bonchev–Trinajstić information content (AvgIpc) is 3.17. The Morgan fingerprint density at radius 1 is 1.07 bits per heavy atom. The molecule has 5 heteroatoms. The lowest BCUT2D eigenvalue weighted by molar-refractivity contribution is 0.0735. The number of fused-ring (bicyclic) bond motifs is 1.